The van der Waals surface area contributed by atoms with Crippen LogP contribution in [0.4, 0.5) is 11.5 Å². The Morgan fingerprint density at radius 2 is 1.94 bits per heavy atom. The number of hydrogen-bond donors (Lipinski definition) is 1. The average molecular weight is 263 g/mol. The fraction of sp³-hybridized carbons (Fsp3) is 0.214. The maximum absolute atomic E-state index is 6.15. The summed E-state index contributed by atoms with van der Waals surface area (Å²) in [5.74, 6) is 1.32. The van der Waals surface area contributed by atoms with Crippen LogP contribution in [0.3, 0.4) is 0 Å². The Kier molecular flexibility index (Phi) is 4.05. The Morgan fingerprint density at radius 3 is 2.67 bits per heavy atom. The minimum absolute atomic E-state index is 0.0562. The highest BCUT2D eigenvalue weighted by atomic mass is 35.5. The molecule has 1 heterocycles. The normalized spacial score (nSPS) is 11.9. The number of hydrogen-bond acceptors (Lipinski definition) is 3. The number of alkyl halides is 1. The van der Waals surface area contributed by atoms with Gasteiger partial charge in [-0.3, -0.25) is 0 Å². The van der Waals surface area contributed by atoms with Crippen LogP contribution in [-0.4, -0.2) is 12.1 Å². The van der Waals surface area contributed by atoms with E-state index in [1.165, 1.54) is 0 Å². The van der Waals surface area contributed by atoms with Gasteiger partial charge in [0.1, 0.15) is 5.82 Å². The van der Waals surface area contributed by atoms with Gasteiger partial charge in [-0.2, -0.15) is 4.98 Å². The summed E-state index contributed by atoms with van der Waals surface area (Å²) in [5, 5.41) is 3.20. The number of para-hydroxylation sites is 1. The van der Waals surface area contributed by atoms with E-state index in [-0.39, 0.29) is 5.38 Å². The maximum Gasteiger partial charge on any atom is 0.214 e. The summed E-state index contributed by atoms with van der Waals surface area (Å²) in [6.07, 6.45) is 0. The number of methoxy groups -OCH3 is 1. The van der Waals surface area contributed by atoms with E-state index in [2.05, 4.69) is 10.3 Å². The number of ether oxygens (including phenoxy) is 1. The first kappa shape index (κ1) is 12.7. The van der Waals surface area contributed by atoms with Gasteiger partial charge >= 0.3 is 0 Å². The monoisotopic (exact) mass is 262 g/mol. The van der Waals surface area contributed by atoms with Crippen molar-refractivity contribution in [3.05, 3.63) is 48.0 Å². The number of nitrogens with one attached hydrogen (secondary N) is 1. The molecule has 0 saturated heterocycles. The van der Waals surface area contributed by atoms with Gasteiger partial charge in [0.25, 0.3) is 0 Å². The van der Waals surface area contributed by atoms with Crippen molar-refractivity contribution < 1.29 is 4.74 Å². The van der Waals surface area contributed by atoms with Crippen molar-refractivity contribution in [1.82, 2.24) is 4.98 Å². The topological polar surface area (TPSA) is 34.1 Å². The molecule has 2 rings (SSSR count). The lowest BCUT2D eigenvalue weighted by Gasteiger charge is -2.13. The van der Waals surface area contributed by atoms with Crippen LogP contribution in [-0.2, 0) is 0 Å². The molecule has 1 N–H and O–H groups in total. The van der Waals surface area contributed by atoms with Gasteiger partial charge < -0.3 is 10.1 Å². The van der Waals surface area contributed by atoms with Gasteiger partial charge in [-0.25, -0.2) is 0 Å². The maximum atomic E-state index is 6.15. The molecule has 1 aromatic heterocycles. The summed E-state index contributed by atoms with van der Waals surface area (Å²) >= 11 is 6.15. The number of benzene rings is 1. The zero-order chi connectivity index (χ0) is 13.0. The highest BCUT2D eigenvalue weighted by Gasteiger charge is 2.08. The number of anilines is 2. The van der Waals surface area contributed by atoms with Crippen molar-refractivity contribution in [2.45, 2.75) is 12.3 Å². The summed E-state index contributed by atoms with van der Waals surface area (Å²) in [5.41, 5.74) is 2.00. The van der Waals surface area contributed by atoms with Crippen molar-refractivity contribution in [2.75, 3.05) is 12.4 Å². The summed E-state index contributed by atoms with van der Waals surface area (Å²) in [6, 6.07) is 13.5. The number of aromatic nitrogens is 1. The Morgan fingerprint density at radius 1 is 1.17 bits per heavy atom. The molecule has 0 aliphatic carbocycles. The van der Waals surface area contributed by atoms with Crippen LogP contribution >= 0.6 is 11.6 Å². The fourth-order valence-corrected chi connectivity index (χ4v) is 1.88. The quantitative estimate of drug-likeness (QED) is 0.841. The molecule has 0 bridgehead atoms. The average Bonchev–Trinajstić information content (AvgIpc) is 2.39. The second-order valence-electron chi connectivity index (χ2n) is 3.89. The molecule has 1 atom stereocenters. The van der Waals surface area contributed by atoms with Gasteiger partial charge in [0.2, 0.25) is 5.88 Å². The van der Waals surface area contributed by atoms with Gasteiger partial charge in [0.05, 0.1) is 12.5 Å². The van der Waals surface area contributed by atoms with Gasteiger partial charge in [-0.1, -0.05) is 24.3 Å². The van der Waals surface area contributed by atoms with E-state index in [0.717, 1.165) is 17.1 Å². The van der Waals surface area contributed by atoms with E-state index in [1.54, 1.807) is 13.2 Å². The lowest BCUT2D eigenvalue weighted by Crippen LogP contribution is -1.99. The van der Waals surface area contributed by atoms with Crippen molar-refractivity contribution in [3.8, 4) is 5.88 Å². The minimum Gasteiger partial charge on any atom is -0.481 e. The lowest BCUT2D eigenvalue weighted by molar-refractivity contribution is 0.398. The predicted molar refractivity (Wildman–Crippen MR) is 74.8 cm³/mol. The third-order valence-corrected chi connectivity index (χ3v) is 2.82. The van der Waals surface area contributed by atoms with E-state index in [0.29, 0.717) is 5.88 Å². The molecular formula is C14H15ClN2O. The van der Waals surface area contributed by atoms with E-state index >= 15 is 0 Å². The second-order valence-corrected chi connectivity index (χ2v) is 4.55. The Hall–Kier alpha value is -1.74. The molecule has 3 nitrogen and oxygen atoms in total. The molecule has 0 spiro atoms. The molecule has 1 aromatic carbocycles. The van der Waals surface area contributed by atoms with Crippen molar-refractivity contribution in [3.63, 3.8) is 0 Å². The molecule has 0 saturated carbocycles. The van der Waals surface area contributed by atoms with Crippen molar-refractivity contribution >= 4 is 23.1 Å². The third-order valence-electron chi connectivity index (χ3n) is 2.58. The highest BCUT2D eigenvalue weighted by molar-refractivity contribution is 6.21. The number of pyridine rings is 1. The van der Waals surface area contributed by atoms with Gasteiger partial charge in [-0.15, -0.1) is 11.6 Å². The summed E-state index contributed by atoms with van der Waals surface area (Å²) in [4.78, 5) is 4.31. The highest BCUT2D eigenvalue weighted by Crippen LogP contribution is 2.29. The van der Waals surface area contributed by atoms with Crippen LogP contribution in [0.5, 0.6) is 5.88 Å². The van der Waals surface area contributed by atoms with E-state index in [1.807, 2.05) is 43.3 Å². The SMILES string of the molecule is COc1cccc(Nc2ccccc2C(C)Cl)n1. The lowest BCUT2D eigenvalue weighted by atomic mass is 10.1. The zero-order valence-electron chi connectivity index (χ0n) is 10.4. The first-order chi connectivity index (χ1) is 8.70. The Labute approximate surface area is 112 Å². The summed E-state index contributed by atoms with van der Waals surface area (Å²) in [7, 11) is 1.60. The van der Waals surface area contributed by atoms with E-state index in [9.17, 15) is 0 Å². The second kappa shape index (κ2) is 5.74. The minimum atomic E-state index is -0.0562. The van der Waals surface area contributed by atoms with Crippen LogP contribution in [0.25, 0.3) is 0 Å². The first-order valence-corrected chi connectivity index (χ1v) is 6.15. The third kappa shape index (κ3) is 2.93. The van der Waals surface area contributed by atoms with Crippen LogP contribution < -0.4 is 10.1 Å². The standard InChI is InChI=1S/C14H15ClN2O/c1-10(15)11-6-3-4-7-12(11)16-13-8-5-9-14(17-13)18-2/h3-10H,1-2H3,(H,16,17). The molecule has 4 heteroatoms. The first-order valence-electron chi connectivity index (χ1n) is 5.72. The zero-order valence-corrected chi connectivity index (χ0v) is 11.1. The van der Waals surface area contributed by atoms with Gasteiger partial charge in [0, 0.05) is 11.8 Å². The molecule has 94 valence electrons. The van der Waals surface area contributed by atoms with Crippen LogP contribution in [0, 0.1) is 0 Å². The number of halogens is 1. The number of nitrogens with zero attached hydrogens (tertiary/aromatic N) is 1. The molecule has 18 heavy (non-hydrogen) atoms. The smallest absolute Gasteiger partial charge is 0.214 e. The summed E-state index contributed by atoms with van der Waals surface area (Å²) in [6.45, 7) is 1.95. The molecule has 2 aromatic rings. The van der Waals surface area contributed by atoms with Crippen LogP contribution in [0.15, 0.2) is 42.5 Å². The van der Waals surface area contributed by atoms with E-state index < -0.39 is 0 Å². The van der Waals surface area contributed by atoms with E-state index in [4.69, 9.17) is 16.3 Å². The van der Waals surface area contributed by atoms with Crippen LogP contribution in [0.1, 0.15) is 17.9 Å². The molecular weight excluding hydrogens is 248 g/mol. The van der Waals surface area contributed by atoms with Gasteiger partial charge in [0.15, 0.2) is 0 Å². The molecule has 0 radical (unpaired) electrons. The molecule has 0 amide bonds. The van der Waals surface area contributed by atoms with Crippen molar-refractivity contribution in [2.24, 2.45) is 0 Å². The predicted octanol–water partition coefficient (Wildman–Crippen LogP) is 4.13. The largest absolute Gasteiger partial charge is 0.481 e. The molecule has 1 unspecified atom stereocenters. The van der Waals surface area contributed by atoms with Crippen molar-refractivity contribution in [1.29, 1.82) is 0 Å². The van der Waals surface area contributed by atoms with Gasteiger partial charge in [-0.05, 0) is 24.6 Å². The molecule has 0 fully saturated rings. The summed E-state index contributed by atoms with van der Waals surface area (Å²) < 4.78 is 5.09. The Balaban J connectivity index is 2.28. The van der Waals surface area contributed by atoms with Crippen LogP contribution in [0.2, 0.25) is 0 Å². The molecule has 0 aliphatic rings. The Bertz CT molecular complexity index is 529. The molecule has 0 aliphatic heterocycles. The number of rotatable bonds is 4. The fourth-order valence-electron chi connectivity index (χ4n) is 1.69.